The molecule has 3 heterocycles. The number of ether oxygens (including phenoxy) is 1. The van der Waals surface area contributed by atoms with Gasteiger partial charge in [0, 0.05) is 40.2 Å². The van der Waals surface area contributed by atoms with Crippen LogP contribution >= 0.6 is 0 Å². The molecule has 0 aliphatic carbocycles. The van der Waals surface area contributed by atoms with Gasteiger partial charge in [-0.1, -0.05) is 35.9 Å². The third-order valence-corrected chi connectivity index (χ3v) is 10.1. The number of sulfonamides is 1. The highest BCUT2D eigenvalue weighted by molar-refractivity contribution is 7.92. The van der Waals surface area contributed by atoms with Gasteiger partial charge < -0.3 is 4.74 Å². The number of nitrogens with one attached hydrogen (secondary N) is 1. The highest BCUT2D eigenvalue weighted by atomic mass is 32.2. The van der Waals surface area contributed by atoms with Gasteiger partial charge in [0.25, 0.3) is 10.0 Å². The van der Waals surface area contributed by atoms with E-state index in [0.717, 1.165) is 28.6 Å². The first-order valence-corrected chi connectivity index (χ1v) is 17.9. The van der Waals surface area contributed by atoms with Crippen molar-refractivity contribution in [2.24, 2.45) is 0 Å². The van der Waals surface area contributed by atoms with Gasteiger partial charge in [-0.05, 0) is 74.4 Å². The van der Waals surface area contributed by atoms with Crippen LogP contribution in [-0.4, -0.2) is 48.9 Å². The Labute approximate surface area is 272 Å². The van der Waals surface area contributed by atoms with Gasteiger partial charge in [-0.3, -0.25) is 9.40 Å². The molecular formula is C34H32FN5O5S2. The van der Waals surface area contributed by atoms with Crippen LogP contribution in [0.25, 0.3) is 33.3 Å². The maximum absolute atomic E-state index is 14.0. The SMILES string of the molecule is COc1ccc(-c2cnc3c(c2)c(-c2c(C)nn(Cc4cccc(F)c4)c2C)cn3S(=O)(=O)c2ccc(C)cc2)cc1NS(C)(=O)=O. The number of rotatable bonds is 9. The van der Waals surface area contributed by atoms with E-state index in [1.807, 2.05) is 32.9 Å². The molecule has 0 spiro atoms. The number of methoxy groups -OCH3 is 1. The standard InChI is InChI=1S/C34H32FN5O5S2/c1-21-9-12-28(13-10-21)47(43,44)40-20-30(33-22(2)37-39(23(33)3)19-24-7-6-8-27(35)15-24)29-16-26(18-36-34(29)40)25-11-14-32(45-4)31(17-25)38-46(5,41)42/h6-18,20,38H,19H2,1-5H3. The molecule has 0 aliphatic heterocycles. The molecule has 6 aromatic rings. The molecule has 0 unspecified atom stereocenters. The number of anilines is 1. The Balaban J connectivity index is 1.56. The predicted octanol–water partition coefficient (Wildman–Crippen LogP) is 6.30. The number of aromatic nitrogens is 4. The van der Waals surface area contributed by atoms with Gasteiger partial charge in [-0.2, -0.15) is 5.10 Å². The van der Waals surface area contributed by atoms with Crippen molar-refractivity contribution in [3.05, 3.63) is 114 Å². The number of hydrogen-bond acceptors (Lipinski definition) is 7. The summed E-state index contributed by atoms with van der Waals surface area (Å²) in [4.78, 5) is 4.76. The maximum atomic E-state index is 14.0. The van der Waals surface area contributed by atoms with E-state index >= 15 is 0 Å². The molecule has 0 saturated heterocycles. The summed E-state index contributed by atoms with van der Waals surface area (Å²) in [6.07, 6.45) is 4.16. The normalized spacial score (nSPS) is 12.0. The fourth-order valence-electron chi connectivity index (χ4n) is 5.66. The monoisotopic (exact) mass is 673 g/mol. The third-order valence-electron chi connectivity index (χ3n) is 7.89. The van der Waals surface area contributed by atoms with E-state index in [2.05, 4.69) is 9.71 Å². The number of benzene rings is 3. The number of aryl methyl sites for hydroxylation is 2. The lowest BCUT2D eigenvalue weighted by Crippen LogP contribution is -2.12. The molecular weight excluding hydrogens is 642 g/mol. The van der Waals surface area contributed by atoms with Crippen LogP contribution in [0.15, 0.2) is 90.1 Å². The number of hydrogen-bond donors (Lipinski definition) is 1. The molecule has 10 nitrogen and oxygen atoms in total. The summed E-state index contributed by atoms with van der Waals surface area (Å²) >= 11 is 0. The van der Waals surface area contributed by atoms with Crippen LogP contribution in [0.2, 0.25) is 0 Å². The molecule has 0 bridgehead atoms. The summed E-state index contributed by atoms with van der Waals surface area (Å²) in [5.74, 6) is -0.0122. The average Bonchev–Trinajstić information content (AvgIpc) is 3.52. The van der Waals surface area contributed by atoms with E-state index in [9.17, 15) is 21.2 Å². The molecule has 0 radical (unpaired) electrons. The van der Waals surface area contributed by atoms with Crippen molar-refractivity contribution >= 4 is 36.8 Å². The average molecular weight is 674 g/mol. The van der Waals surface area contributed by atoms with E-state index in [1.54, 1.807) is 65.6 Å². The number of halogens is 1. The Hall–Kier alpha value is -5.01. The van der Waals surface area contributed by atoms with E-state index in [1.165, 1.54) is 23.2 Å². The van der Waals surface area contributed by atoms with Gasteiger partial charge in [0.15, 0.2) is 5.65 Å². The summed E-state index contributed by atoms with van der Waals surface area (Å²) in [5.41, 5.74) is 6.08. The highest BCUT2D eigenvalue weighted by Gasteiger charge is 2.26. The van der Waals surface area contributed by atoms with E-state index in [-0.39, 0.29) is 22.0 Å². The van der Waals surface area contributed by atoms with E-state index < -0.39 is 20.0 Å². The fourth-order valence-corrected chi connectivity index (χ4v) is 7.54. The summed E-state index contributed by atoms with van der Waals surface area (Å²) in [5, 5.41) is 5.28. The summed E-state index contributed by atoms with van der Waals surface area (Å²) < 4.78 is 76.9. The number of pyridine rings is 1. The Bertz CT molecular complexity index is 2380. The Kier molecular flexibility index (Phi) is 8.14. The molecule has 0 saturated carbocycles. The van der Waals surface area contributed by atoms with Gasteiger partial charge in [0.1, 0.15) is 11.6 Å². The second-order valence-electron chi connectivity index (χ2n) is 11.4. The van der Waals surface area contributed by atoms with Gasteiger partial charge >= 0.3 is 0 Å². The lowest BCUT2D eigenvalue weighted by atomic mass is 10.0. The maximum Gasteiger partial charge on any atom is 0.269 e. The molecule has 6 rings (SSSR count). The quantitative estimate of drug-likeness (QED) is 0.191. The van der Waals surface area contributed by atoms with Crippen molar-refractivity contribution in [2.75, 3.05) is 18.1 Å². The van der Waals surface area contributed by atoms with Gasteiger partial charge in [0.2, 0.25) is 10.0 Å². The van der Waals surface area contributed by atoms with Crippen molar-refractivity contribution in [1.29, 1.82) is 0 Å². The summed E-state index contributed by atoms with van der Waals surface area (Å²) in [6.45, 7) is 5.92. The molecule has 0 amide bonds. The second kappa shape index (κ2) is 12.0. The molecule has 13 heteroatoms. The second-order valence-corrected chi connectivity index (χ2v) is 14.9. The molecule has 3 aromatic heterocycles. The minimum absolute atomic E-state index is 0.110. The molecule has 47 heavy (non-hydrogen) atoms. The van der Waals surface area contributed by atoms with Crippen molar-refractivity contribution in [3.8, 4) is 28.0 Å². The van der Waals surface area contributed by atoms with Crippen LogP contribution in [0.1, 0.15) is 22.5 Å². The van der Waals surface area contributed by atoms with Crippen molar-refractivity contribution < 1.29 is 26.0 Å². The van der Waals surface area contributed by atoms with Crippen molar-refractivity contribution in [2.45, 2.75) is 32.2 Å². The van der Waals surface area contributed by atoms with Gasteiger partial charge in [-0.15, -0.1) is 0 Å². The molecule has 0 aliphatic rings. The smallest absolute Gasteiger partial charge is 0.269 e. The van der Waals surface area contributed by atoms with E-state index in [4.69, 9.17) is 9.84 Å². The first-order chi connectivity index (χ1) is 22.2. The lowest BCUT2D eigenvalue weighted by Gasteiger charge is -2.12. The molecule has 0 fully saturated rings. The van der Waals surface area contributed by atoms with Crippen molar-refractivity contribution in [3.63, 3.8) is 0 Å². The number of fused-ring (bicyclic) bond motifs is 1. The first kappa shape index (κ1) is 32.0. The first-order valence-electron chi connectivity index (χ1n) is 14.5. The Morgan fingerprint density at radius 2 is 1.66 bits per heavy atom. The molecule has 1 N–H and O–H groups in total. The van der Waals surface area contributed by atoms with Crippen LogP contribution < -0.4 is 9.46 Å². The topological polar surface area (TPSA) is 125 Å². The van der Waals surface area contributed by atoms with Crippen LogP contribution in [0.3, 0.4) is 0 Å². The summed E-state index contributed by atoms with van der Waals surface area (Å²) in [6, 6.07) is 19.8. The zero-order chi connectivity index (χ0) is 33.7. The summed E-state index contributed by atoms with van der Waals surface area (Å²) in [7, 11) is -6.23. The largest absolute Gasteiger partial charge is 0.495 e. The fraction of sp³-hybridized carbons (Fsp3) is 0.176. The number of nitrogens with zero attached hydrogens (tertiary/aromatic N) is 4. The molecule has 0 atom stereocenters. The van der Waals surface area contributed by atoms with Crippen LogP contribution in [0, 0.1) is 26.6 Å². The Morgan fingerprint density at radius 1 is 0.915 bits per heavy atom. The molecule has 3 aromatic carbocycles. The zero-order valence-electron chi connectivity index (χ0n) is 26.3. The van der Waals surface area contributed by atoms with Gasteiger partial charge in [0.05, 0.1) is 36.2 Å². The van der Waals surface area contributed by atoms with Gasteiger partial charge in [-0.25, -0.2) is 30.2 Å². The minimum Gasteiger partial charge on any atom is -0.495 e. The Morgan fingerprint density at radius 3 is 2.34 bits per heavy atom. The zero-order valence-corrected chi connectivity index (χ0v) is 27.9. The van der Waals surface area contributed by atoms with Crippen LogP contribution in [-0.2, 0) is 26.6 Å². The predicted molar refractivity (Wildman–Crippen MR) is 180 cm³/mol. The highest BCUT2D eigenvalue weighted by Crippen LogP contribution is 2.39. The van der Waals surface area contributed by atoms with Crippen LogP contribution in [0.5, 0.6) is 5.75 Å². The van der Waals surface area contributed by atoms with E-state index in [0.29, 0.717) is 40.1 Å². The molecule has 242 valence electrons. The van der Waals surface area contributed by atoms with Crippen LogP contribution in [0.4, 0.5) is 10.1 Å². The minimum atomic E-state index is -4.06. The lowest BCUT2D eigenvalue weighted by molar-refractivity contribution is 0.417. The van der Waals surface area contributed by atoms with Crippen molar-refractivity contribution in [1.82, 2.24) is 18.7 Å². The third kappa shape index (κ3) is 6.23.